The number of rotatable bonds is 9. The van der Waals surface area contributed by atoms with Crippen LogP contribution in [-0.4, -0.2) is 78.2 Å². The summed E-state index contributed by atoms with van der Waals surface area (Å²) in [5.74, 6) is -0.133. The Morgan fingerprint density at radius 1 is 0.391 bits per heavy atom. The molecule has 7 N–H and O–H groups in total. The molecule has 6 aromatic carbocycles. The lowest BCUT2D eigenvalue weighted by atomic mass is 10.2. The standard InChI is InChI=1S/C17H15N3O.2C15H19N3O2.2C10H11N3/c1-13-16(19-17(21)14-8-4-2-5-9-14)12-18-20(13)15-10-6-3-7-11-15;1-11-13(16-14(19)20-15(2,3)4)10-18(17-11)12-8-6-5-7-9-12;1-11-13(17-14(19)20-15(2,3)4)10-16-18(11)12-8-6-5-7-9-12;1-8-10(11)7-13(12-8)9-5-3-2-4-6-9;1-8-10(11)7-12-13(8)9-5-3-2-4-6-9/h2-12H,1H3,(H,19,21);5-10H,1-4H3,(H,16,19);5-10H,1-4H3,(H,17,19);2*2-7H,11H2,1H3. The van der Waals surface area contributed by atoms with Gasteiger partial charge in [0.25, 0.3) is 5.91 Å². The zero-order valence-electron chi connectivity index (χ0n) is 50.9. The van der Waals surface area contributed by atoms with Crippen molar-refractivity contribution in [3.63, 3.8) is 0 Å². The smallest absolute Gasteiger partial charge is 0.412 e. The SMILES string of the molecule is Cc1c(N)cnn1-c1ccccc1.Cc1c(NC(=O)OC(C)(C)C)cnn1-c1ccccc1.Cc1c(NC(=O)c2ccccc2)cnn1-c1ccccc1.Cc1nn(-c2ccccc2)cc1N.Cc1nn(-c2ccccc2)cc1NC(=O)OC(C)(C)C. The van der Waals surface area contributed by atoms with Crippen molar-refractivity contribution in [3.05, 3.63) is 247 Å². The highest BCUT2D eigenvalue weighted by molar-refractivity contribution is 6.04. The lowest BCUT2D eigenvalue weighted by Gasteiger charge is -2.19. The molecule has 0 radical (unpaired) electrons. The van der Waals surface area contributed by atoms with E-state index in [9.17, 15) is 14.4 Å². The van der Waals surface area contributed by atoms with Gasteiger partial charge in [-0.1, -0.05) is 109 Å². The summed E-state index contributed by atoms with van der Waals surface area (Å²) in [4.78, 5) is 35.7. The van der Waals surface area contributed by atoms with Gasteiger partial charge in [-0.2, -0.15) is 25.5 Å². The van der Waals surface area contributed by atoms with Gasteiger partial charge in [0.05, 0.1) is 116 Å². The van der Waals surface area contributed by atoms with Crippen LogP contribution in [0, 0.1) is 34.6 Å². The summed E-state index contributed by atoms with van der Waals surface area (Å²) in [7, 11) is 0. The summed E-state index contributed by atoms with van der Waals surface area (Å²) >= 11 is 0. The zero-order chi connectivity index (χ0) is 62.7. The van der Waals surface area contributed by atoms with Crippen LogP contribution in [0.15, 0.2) is 213 Å². The molecule has 11 aromatic rings. The Labute approximate surface area is 507 Å². The normalized spacial score (nSPS) is 10.7. The average Bonchev–Trinajstić information content (AvgIpc) is 3.12. The van der Waals surface area contributed by atoms with Gasteiger partial charge in [0.2, 0.25) is 0 Å². The van der Waals surface area contributed by atoms with Gasteiger partial charge < -0.3 is 26.3 Å². The molecule has 448 valence electrons. The number of nitrogens with zero attached hydrogens (tertiary/aromatic N) is 10. The second kappa shape index (κ2) is 29.5. The molecule has 0 fully saturated rings. The van der Waals surface area contributed by atoms with Crippen molar-refractivity contribution >= 4 is 46.5 Å². The third-order valence-electron chi connectivity index (χ3n) is 12.5. The highest BCUT2D eigenvalue weighted by Gasteiger charge is 2.20. The maximum atomic E-state index is 12.2. The van der Waals surface area contributed by atoms with E-state index in [1.165, 1.54) is 0 Å². The summed E-state index contributed by atoms with van der Waals surface area (Å²) < 4.78 is 19.4. The number of benzene rings is 6. The summed E-state index contributed by atoms with van der Waals surface area (Å²) in [5, 5.41) is 29.8. The van der Waals surface area contributed by atoms with E-state index in [1.807, 2.05) is 257 Å². The van der Waals surface area contributed by atoms with E-state index in [0.717, 1.165) is 68.3 Å². The van der Waals surface area contributed by atoms with E-state index < -0.39 is 23.4 Å². The lowest BCUT2D eigenvalue weighted by Crippen LogP contribution is -2.27. The number of anilines is 5. The largest absolute Gasteiger partial charge is 0.444 e. The fraction of sp³-hybridized carbons (Fsp3) is 0.194. The topological polar surface area (TPSA) is 247 Å². The Hall–Kier alpha value is -11.0. The van der Waals surface area contributed by atoms with E-state index in [1.54, 1.807) is 55.6 Å². The van der Waals surface area contributed by atoms with Crippen molar-refractivity contribution in [2.24, 2.45) is 0 Å². The molecule has 3 amide bonds. The Balaban J connectivity index is 0.000000157. The van der Waals surface area contributed by atoms with E-state index >= 15 is 0 Å². The minimum absolute atomic E-state index is 0.133. The second-order valence-corrected chi connectivity index (χ2v) is 21.6. The molecule has 0 atom stereocenters. The van der Waals surface area contributed by atoms with Crippen LogP contribution >= 0.6 is 0 Å². The molecule has 5 aromatic heterocycles. The van der Waals surface area contributed by atoms with Crippen LogP contribution in [0.25, 0.3) is 28.4 Å². The van der Waals surface area contributed by atoms with Crippen molar-refractivity contribution < 1.29 is 23.9 Å². The van der Waals surface area contributed by atoms with E-state index in [4.69, 9.17) is 20.9 Å². The third kappa shape index (κ3) is 18.7. The fourth-order valence-corrected chi connectivity index (χ4v) is 8.07. The van der Waals surface area contributed by atoms with E-state index in [0.29, 0.717) is 22.6 Å². The first-order valence-electron chi connectivity index (χ1n) is 27.9. The second-order valence-electron chi connectivity index (χ2n) is 21.6. The zero-order valence-corrected chi connectivity index (χ0v) is 50.9. The van der Waals surface area contributed by atoms with Crippen LogP contribution in [0.2, 0.25) is 0 Å². The van der Waals surface area contributed by atoms with Gasteiger partial charge in [0.1, 0.15) is 11.2 Å². The number of carbonyl (C=O) groups is 3. The molecule has 0 aliphatic rings. The number of ether oxygens (including phenoxy) is 2. The van der Waals surface area contributed by atoms with Crippen LogP contribution < -0.4 is 27.4 Å². The molecule has 0 saturated carbocycles. The summed E-state index contributed by atoms with van der Waals surface area (Å²) in [6.07, 6.45) is 7.60. The molecule has 20 nitrogen and oxygen atoms in total. The van der Waals surface area contributed by atoms with Crippen molar-refractivity contribution in [2.75, 3.05) is 27.4 Å². The summed E-state index contributed by atoms with van der Waals surface area (Å²) in [6, 6.07) is 58.3. The van der Waals surface area contributed by atoms with Gasteiger partial charge in [-0.15, -0.1) is 0 Å². The molecule has 11 rings (SSSR count). The molecule has 5 heterocycles. The first kappa shape index (κ1) is 63.6. The highest BCUT2D eigenvalue weighted by atomic mass is 16.6. The Bertz CT molecular complexity index is 3890. The molecule has 0 spiro atoms. The minimum atomic E-state index is -0.520. The molecule has 0 aliphatic heterocycles. The maximum Gasteiger partial charge on any atom is 0.412 e. The average molecular weight is 1170 g/mol. The number of para-hydroxylation sites is 5. The number of carbonyl (C=O) groups excluding carboxylic acids is 3. The number of hydrogen-bond acceptors (Lipinski definition) is 12. The molecule has 0 aliphatic carbocycles. The molecule has 0 bridgehead atoms. The van der Waals surface area contributed by atoms with Crippen LogP contribution in [0.4, 0.5) is 38.0 Å². The van der Waals surface area contributed by atoms with Crippen LogP contribution in [0.5, 0.6) is 0 Å². The molecule has 20 heteroatoms. The monoisotopic (exact) mass is 1170 g/mol. The predicted molar refractivity (Wildman–Crippen MR) is 344 cm³/mol. The van der Waals surface area contributed by atoms with Gasteiger partial charge in [0.15, 0.2) is 0 Å². The van der Waals surface area contributed by atoms with Crippen molar-refractivity contribution in [2.45, 2.75) is 87.4 Å². The van der Waals surface area contributed by atoms with E-state index in [-0.39, 0.29) is 5.91 Å². The molecule has 0 unspecified atom stereocenters. The van der Waals surface area contributed by atoms with Crippen molar-refractivity contribution in [3.8, 4) is 28.4 Å². The molecular formula is C67H75N15O5. The van der Waals surface area contributed by atoms with Crippen molar-refractivity contribution in [1.29, 1.82) is 0 Å². The van der Waals surface area contributed by atoms with Gasteiger partial charge in [-0.05, 0) is 149 Å². The first-order valence-corrected chi connectivity index (χ1v) is 27.9. The van der Waals surface area contributed by atoms with Gasteiger partial charge in [-0.25, -0.2) is 33.0 Å². The number of aryl methyl sites for hydroxylation is 2. The number of aromatic nitrogens is 10. The maximum absolute atomic E-state index is 12.2. The van der Waals surface area contributed by atoms with Gasteiger partial charge in [0, 0.05) is 5.56 Å². The molecule has 87 heavy (non-hydrogen) atoms. The molecular weight excluding hydrogens is 1090 g/mol. The minimum Gasteiger partial charge on any atom is -0.444 e. The van der Waals surface area contributed by atoms with Crippen LogP contribution in [-0.2, 0) is 9.47 Å². The number of nitrogen functional groups attached to an aromatic ring is 2. The highest BCUT2D eigenvalue weighted by Crippen LogP contribution is 2.23. The Morgan fingerprint density at radius 2 is 0.724 bits per heavy atom. The van der Waals surface area contributed by atoms with Crippen molar-refractivity contribution in [1.82, 2.24) is 48.9 Å². The number of nitrogens with two attached hydrogens (primary N) is 2. The number of hydrogen-bond donors (Lipinski definition) is 5. The van der Waals surface area contributed by atoms with Gasteiger partial charge >= 0.3 is 12.2 Å². The fourth-order valence-electron chi connectivity index (χ4n) is 8.07. The predicted octanol–water partition coefficient (Wildman–Crippen LogP) is 14.0. The number of nitrogens with one attached hydrogen (secondary N) is 3. The van der Waals surface area contributed by atoms with Crippen LogP contribution in [0.3, 0.4) is 0 Å². The van der Waals surface area contributed by atoms with Crippen LogP contribution in [0.1, 0.15) is 80.4 Å². The van der Waals surface area contributed by atoms with E-state index in [2.05, 4.69) is 41.4 Å². The molecule has 0 saturated heterocycles. The number of amides is 3. The van der Waals surface area contributed by atoms with Gasteiger partial charge in [-0.3, -0.25) is 15.4 Å². The quantitative estimate of drug-likeness (QED) is 0.0906. The summed E-state index contributed by atoms with van der Waals surface area (Å²) in [5.41, 5.74) is 23.7. The Morgan fingerprint density at radius 3 is 1.09 bits per heavy atom. The Kier molecular flexibility index (Phi) is 21.5. The lowest BCUT2D eigenvalue weighted by molar-refractivity contribution is 0.0624. The summed E-state index contributed by atoms with van der Waals surface area (Å²) in [6.45, 7) is 20.5. The third-order valence-corrected chi connectivity index (χ3v) is 12.5. The first-order chi connectivity index (χ1) is 41.5.